The fourth-order valence-corrected chi connectivity index (χ4v) is 6.32. The number of aromatic nitrogens is 2. The van der Waals surface area contributed by atoms with Gasteiger partial charge in [0.05, 0.1) is 91.3 Å². The molecular formula is C41H50F4N6O13S. The lowest BCUT2D eigenvalue weighted by molar-refractivity contribution is -0.180. The van der Waals surface area contributed by atoms with Crippen LogP contribution in [0, 0.1) is 23.3 Å². The number of benzene rings is 2. The minimum Gasteiger partial charge on any atom is -0.420 e. The Balaban J connectivity index is 0.996. The number of ether oxygens (including phenoxy) is 6. The normalized spacial score (nSPS) is 12.5. The van der Waals surface area contributed by atoms with E-state index in [2.05, 4.69) is 25.0 Å². The number of nitrogens with two attached hydrogens (primary N) is 1. The van der Waals surface area contributed by atoms with Gasteiger partial charge in [-0.1, -0.05) is 19.1 Å². The molecule has 2 heterocycles. The van der Waals surface area contributed by atoms with E-state index < -0.39 is 56.4 Å². The van der Waals surface area contributed by atoms with Crippen LogP contribution in [0.1, 0.15) is 50.9 Å². The molecule has 3 aromatic rings. The number of nitrogens with zero attached hydrogens (tertiary/aromatic N) is 4. The van der Waals surface area contributed by atoms with Crippen LogP contribution in [0.2, 0.25) is 0 Å². The number of hydroxylamine groups is 2. The molecule has 0 unspecified atom stereocenters. The molecule has 0 fully saturated rings. The quantitative estimate of drug-likeness (QED) is 0.0177. The van der Waals surface area contributed by atoms with Crippen LogP contribution >= 0.6 is 0 Å². The molecule has 0 saturated heterocycles. The molecule has 0 spiro atoms. The first kappa shape index (κ1) is 52.2. The molecule has 1 aliphatic rings. The van der Waals surface area contributed by atoms with Crippen LogP contribution in [0.4, 0.5) is 23.2 Å². The van der Waals surface area contributed by atoms with E-state index in [9.17, 15) is 40.4 Å². The van der Waals surface area contributed by atoms with Gasteiger partial charge in [-0.05, 0) is 31.1 Å². The molecule has 24 heteroatoms. The molecule has 0 bridgehead atoms. The molecule has 0 saturated carbocycles. The highest BCUT2D eigenvalue weighted by atomic mass is 32.2. The zero-order valence-electron chi connectivity index (χ0n) is 35.6. The smallest absolute Gasteiger partial charge is 0.313 e. The molecule has 1 aromatic heterocycles. The van der Waals surface area contributed by atoms with Crippen LogP contribution in [-0.2, 0) is 59.6 Å². The van der Waals surface area contributed by atoms with Gasteiger partial charge >= 0.3 is 16.1 Å². The number of hydrogen-bond acceptors (Lipinski definition) is 16. The summed E-state index contributed by atoms with van der Waals surface area (Å²) in [5.74, 6) is -12.5. The molecule has 1 aliphatic heterocycles. The van der Waals surface area contributed by atoms with Crippen molar-refractivity contribution in [3.05, 3.63) is 70.8 Å². The molecule has 4 rings (SSSR count). The maximum Gasteiger partial charge on any atom is 0.313 e. The fourth-order valence-electron chi connectivity index (χ4n) is 5.69. The second-order valence-electron chi connectivity index (χ2n) is 13.6. The van der Waals surface area contributed by atoms with Gasteiger partial charge in [-0.3, -0.25) is 23.8 Å². The summed E-state index contributed by atoms with van der Waals surface area (Å²) in [6.45, 7) is 6.20. The van der Waals surface area contributed by atoms with Crippen molar-refractivity contribution in [2.24, 2.45) is 10.7 Å². The third kappa shape index (κ3) is 16.5. The Morgan fingerprint density at radius 3 is 1.89 bits per heavy atom. The largest absolute Gasteiger partial charge is 0.420 e. The summed E-state index contributed by atoms with van der Waals surface area (Å²) in [4.78, 5) is 53.9. The Hall–Kier alpha value is -5.47. The van der Waals surface area contributed by atoms with Crippen molar-refractivity contribution in [1.82, 2.24) is 20.3 Å². The van der Waals surface area contributed by atoms with Crippen molar-refractivity contribution in [2.45, 2.75) is 51.0 Å². The first-order valence-corrected chi connectivity index (χ1v) is 21.7. The van der Waals surface area contributed by atoms with Crippen molar-refractivity contribution >= 4 is 45.5 Å². The highest BCUT2D eigenvalue weighted by Gasteiger charge is 2.34. The Labute approximate surface area is 371 Å². The number of fused-ring (bicyclic) bond motifs is 1. The Morgan fingerprint density at radius 2 is 1.35 bits per heavy atom. The zero-order valence-corrected chi connectivity index (χ0v) is 36.4. The number of nitrogens with one attached hydrogen (secondary N) is 1. The van der Waals surface area contributed by atoms with Crippen LogP contribution < -0.4 is 15.8 Å². The van der Waals surface area contributed by atoms with E-state index >= 15 is 0 Å². The molecule has 2 amide bonds. The van der Waals surface area contributed by atoms with Crippen molar-refractivity contribution in [1.29, 1.82) is 0 Å². The SMILES string of the molecule is CCCN(OCC)C(=O)C1=Cc2ccc(-c3cnc(CNC(=O)CCOCCOCCOCCOCCOCCC(=O)Oc4c(F)c(F)c(S(=O)(=O)O)c(F)c4F)nc3)cc2N=C(N)C1. The van der Waals surface area contributed by atoms with E-state index in [0.29, 0.717) is 36.1 Å². The van der Waals surface area contributed by atoms with Gasteiger partial charge in [-0.25, -0.2) is 28.8 Å². The molecule has 0 radical (unpaired) electrons. The average Bonchev–Trinajstić information content (AvgIpc) is 3.44. The summed E-state index contributed by atoms with van der Waals surface area (Å²) in [7, 11) is -5.65. The van der Waals surface area contributed by atoms with Crippen LogP contribution in [-0.4, -0.2) is 131 Å². The second kappa shape index (κ2) is 26.5. The number of amides is 2. The minimum atomic E-state index is -5.65. The molecule has 356 valence electrons. The second-order valence-corrected chi connectivity index (χ2v) is 15.0. The summed E-state index contributed by atoms with van der Waals surface area (Å²) in [5, 5.41) is 4.12. The molecule has 19 nitrogen and oxygen atoms in total. The lowest BCUT2D eigenvalue weighted by Crippen LogP contribution is -2.34. The van der Waals surface area contributed by atoms with Gasteiger partial charge in [-0.15, -0.1) is 0 Å². The third-order valence-corrected chi connectivity index (χ3v) is 9.63. The van der Waals surface area contributed by atoms with Crippen LogP contribution in [0.5, 0.6) is 5.75 Å². The van der Waals surface area contributed by atoms with E-state index in [4.69, 9.17) is 38.8 Å². The fraction of sp³-hybridized carbons (Fsp3) is 0.463. The topological polar surface area (TPSA) is 250 Å². The molecule has 2 aromatic carbocycles. The zero-order chi connectivity index (χ0) is 47.4. The van der Waals surface area contributed by atoms with Crippen LogP contribution in [0.15, 0.2) is 46.1 Å². The highest BCUT2D eigenvalue weighted by Crippen LogP contribution is 2.33. The maximum atomic E-state index is 14.0. The van der Waals surface area contributed by atoms with Gasteiger partial charge in [0, 0.05) is 48.5 Å². The lowest BCUT2D eigenvalue weighted by atomic mass is 10.0. The number of amidine groups is 1. The van der Waals surface area contributed by atoms with Crippen molar-refractivity contribution < 1.29 is 78.2 Å². The van der Waals surface area contributed by atoms with Crippen LogP contribution in [0.25, 0.3) is 17.2 Å². The average molecular weight is 943 g/mol. The van der Waals surface area contributed by atoms with E-state index in [1.54, 1.807) is 18.5 Å². The van der Waals surface area contributed by atoms with Gasteiger partial charge in [-0.2, -0.15) is 17.2 Å². The van der Waals surface area contributed by atoms with E-state index in [0.717, 1.165) is 23.1 Å². The number of halogens is 4. The molecule has 0 atom stereocenters. The Morgan fingerprint density at radius 1 is 0.800 bits per heavy atom. The van der Waals surface area contributed by atoms with Crippen molar-refractivity contribution in [3.8, 4) is 16.9 Å². The molecule has 0 aliphatic carbocycles. The summed E-state index contributed by atoms with van der Waals surface area (Å²) in [6, 6.07) is 5.59. The Kier molecular flexibility index (Phi) is 21.2. The molecule has 65 heavy (non-hydrogen) atoms. The summed E-state index contributed by atoms with van der Waals surface area (Å²) in [5.41, 5.74) is 9.55. The number of carbonyl (C=O) groups excluding carboxylic acids is 3. The number of rotatable bonds is 28. The number of aliphatic imine (C=N–C) groups is 1. The van der Waals surface area contributed by atoms with E-state index in [-0.39, 0.29) is 97.3 Å². The first-order chi connectivity index (χ1) is 31.1. The van der Waals surface area contributed by atoms with Gasteiger partial charge < -0.3 is 39.5 Å². The number of carbonyl (C=O) groups is 3. The highest BCUT2D eigenvalue weighted by molar-refractivity contribution is 7.85. The number of esters is 1. The maximum absolute atomic E-state index is 14.0. The molecule has 4 N–H and O–H groups in total. The summed E-state index contributed by atoms with van der Waals surface area (Å²) < 4.78 is 117. The van der Waals surface area contributed by atoms with Gasteiger partial charge in [0.15, 0.2) is 16.5 Å². The summed E-state index contributed by atoms with van der Waals surface area (Å²) >= 11 is 0. The van der Waals surface area contributed by atoms with Gasteiger partial charge in [0.1, 0.15) is 11.7 Å². The Bertz CT molecular complexity index is 2240. The summed E-state index contributed by atoms with van der Waals surface area (Å²) in [6.07, 6.45) is 5.53. The lowest BCUT2D eigenvalue weighted by Gasteiger charge is -2.21. The van der Waals surface area contributed by atoms with Crippen molar-refractivity contribution in [3.63, 3.8) is 0 Å². The van der Waals surface area contributed by atoms with E-state index in [1.807, 2.05) is 32.0 Å². The monoisotopic (exact) mass is 942 g/mol. The standard InChI is InChI=1S/C41H50F4N6O13S/c1-3-9-51(63-4-2)41(54)28-20-27-6-5-26(21-30(27)50-31(46)22-28)29-23-47-32(48-24-29)25-49-33(52)7-10-58-12-14-60-16-18-62-19-17-61-15-13-59-11-8-34(53)64-39-35(42)37(44)40(65(55,56)57)38(45)36(39)43/h5-6,20-21,23-24H,3-4,7-19,22,25H2,1-2H3,(H2,46,50)(H,49,52)(H,55,56,57). The third-order valence-electron chi connectivity index (χ3n) is 8.76. The first-order valence-electron chi connectivity index (χ1n) is 20.3. The molecular weight excluding hydrogens is 893 g/mol. The van der Waals surface area contributed by atoms with Gasteiger partial charge in [0.2, 0.25) is 23.3 Å². The minimum absolute atomic E-state index is 0.00186. The van der Waals surface area contributed by atoms with E-state index in [1.165, 1.54) is 5.06 Å². The predicted molar refractivity (Wildman–Crippen MR) is 222 cm³/mol. The van der Waals surface area contributed by atoms with Crippen molar-refractivity contribution in [2.75, 3.05) is 79.2 Å². The van der Waals surface area contributed by atoms with Crippen LogP contribution in [0.3, 0.4) is 0 Å². The predicted octanol–water partition coefficient (Wildman–Crippen LogP) is 4.00. The van der Waals surface area contributed by atoms with Gasteiger partial charge in [0.25, 0.3) is 5.91 Å². The number of hydrogen-bond donors (Lipinski definition) is 3.